The molecule has 1 aliphatic heterocycles. The first kappa shape index (κ1) is 11.9. The van der Waals surface area contributed by atoms with E-state index in [4.69, 9.17) is 5.73 Å². The van der Waals surface area contributed by atoms with Gasteiger partial charge >= 0.3 is 0 Å². The first-order chi connectivity index (χ1) is 7.81. The molecule has 0 amide bonds. The summed E-state index contributed by atoms with van der Waals surface area (Å²) >= 11 is 1.87. The van der Waals surface area contributed by atoms with Gasteiger partial charge in [-0.15, -0.1) is 0 Å². The molecular formula is C13H18FNS. The van der Waals surface area contributed by atoms with Crippen LogP contribution in [0.2, 0.25) is 0 Å². The average molecular weight is 239 g/mol. The third kappa shape index (κ3) is 2.77. The van der Waals surface area contributed by atoms with Crippen molar-refractivity contribution in [2.45, 2.75) is 25.6 Å². The monoisotopic (exact) mass is 239 g/mol. The summed E-state index contributed by atoms with van der Waals surface area (Å²) in [6.07, 6.45) is 1.36. The summed E-state index contributed by atoms with van der Waals surface area (Å²) in [5, 5.41) is 0. The summed E-state index contributed by atoms with van der Waals surface area (Å²) in [5.41, 5.74) is 7.40. The summed E-state index contributed by atoms with van der Waals surface area (Å²) in [5.74, 6) is 2.34. The maximum atomic E-state index is 14.2. The van der Waals surface area contributed by atoms with Gasteiger partial charge in [-0.1, -0.05) is 24.3 Å². The zero-order valence-electron chi connectivity index (χ0n) is 9.36. The van der Waals surface area contributed by atoms with Crippen LogP contribution < -0.4 is 5.73 Å². The first-order valence-electron chi connectivity index (χ1n) is 5.82. The molecule has 2 N–H and O–H groups in total. The van der Waals surface area contributed by atoms with Crippen molar-refractivity contribution in [3.05, 3.63) is 35.4 Å². The topological polar surface area (TPSA) is 26.0 Å². The molecular weight excluding hydrogens is 221 g/mol. The predicted molar refractivity (Wildman–Crippen MR) is 68.2 cm³/mol. The minimum atomic E-state index is -0.806. The fraction of sp³-hybridized carbons (Fsp3) is 0.538. The molecule has 0 saturated carbocycles. The molecule has 0 bridgehead atoms. The third-order valence-corrected chi connectivity index (χ3v) is 4.38. The molecule has 0 aliphatic carbocycles. The number of alkyl halides is 1. The lowest BCUT2D eigenvalue weighted by molar-refractivity contribution is 0.236. The first-order valence-corrected chi connectivity index (χ1v) is 6.97. The largest absolute Gasteiger partial charge is 0.326 e. The van der Waals surface area contributed by atoms with Gasteiger partial charge in [-0.25, -0.2) is 4.39 Å². The van der Waals surface area contributed by atoms with Crippen LogP contribution in [-0.4, -0.2) is 11.5 Å². The standard InChI is InChI=1S/C13H18FNS/c14-13(12-2-1-7-16-9-12)11-5-3-10(8-15)4-6-11/h3-6,12-13H,1-2,7-9,15H2. The van der Waals surface area contributed by atoms with E-state index in [1.54, 1.807) is 0 Å². The summed E-state index contributed by atoms with van der Waals surface area (Å²) in [7, 11) is 0. The van der Waals surface area contributed by atoms with Crippen LogP contribution in [0.1, 0.15) is 30.1 Å². The van der Waals surface area contributed by atoms with E-state index in [2.05, 4.69) is 0 Å². The molecule has 0 spiro atoms. The normalized spacial score (nSPS) is 23.0. The van der Waals surface area contributed by atoms with Crippen LogP contribution in [-0.2, 0) is 6.54 Å². The Morgan fingerprint density at radius 3 is 2.69 bits per heavy atom. The molecule has 3 heteroatoms. The van der Waals surface area contributed by atoms with Gasteiger partial charge < -0.3 is 5.73 Å². The van der Waals surface area contributed by atoms with Crippen LogP contribution >= 0.6 is 11.8 Å². The number of benzene rings is 1. The van der Waals surface area contributed by atoms with Gasteiger partial charge in [-0.05, 0) is 35.5 Å². The number of hydrogen-bond donors (Lipinski definition) is 1. The van der Waals surface area contributed by atoms with Gasteiger partial charge in [0.15, 0.2) is 0 Å². The van der Waals surface area contributed by atoms with Crippen molar-refractivity contribution < 1.29 is 4.39 Å². The molecule has 0 aromatic heterocycles. The van der Waals surface area contributed by atoms with Crippen molar-refractivity contribution in [2.75, 3.05) is 11.5 Å². The Morgan fingerprint density at radius 1 is 1.38 bits per heavy atom. The number of nitrogens with two attached hydrogens (primary N) is 1. The Labute approximate surface area is 101 Å². The van der Waals surface area contributed by atoms with E-state index >= 15 is 0 Å². The predicted octanol–water partition coefficient (Wildman–Crippen LogP) is 3.30. The van der Waals surface area contributed by atoms with Crippen molar-refractivity contribution in [3.8, 4) is 0 Å². The Kier molecular flexibility index (Phi) is 4.24. The molecule has 2 unspecified atom stereocenters. The molecule has 2 rings (SSSR count). The summed E-state index contributed by atoms with van der Waals surface area (Å²) in [6.45, 7) is 0.524. The van der Waals surface area contributed by atoms with E-state index in [1.165, 1.54) is 5.75 Å². The smallest absolute Gasteiger partial charge is 0.129 e. The Balaban J connectivity index is 2.04. The molecule has 1 aliphatic rings. The molecule has 1 aromatic rings. The second-order valence-electron chi connectivity index (χ2n) is 4.32. The minimum Gasteiger partial charge on any atom is -0.326 e. The van der Waals surface area contributed by atoms with Crippen molar-refractivity contribution in [1.82, 2.24) is 0 Å². The highest BCUT2D eigenvalue weighted by Crippen LogP contribution is 2.35. The fourth-order valence-electron chi connectivity index (χ4n) is 2.11. The summed E-state index contributed by atoms with van der Waals surface area (Å²) in [6, 6.07) is 7.62. The van der Waals surface area contributed by atoms with Crippen LogP contribution in [0.5, 0.6) is 0 Å². The van der Waals surface area contributed by atoms with Crippen LogP contribution in [0.15, 0.2) is 24.3 Å². The van der Waals surface area contributed by atoms with E-state index in [9.17, 15) is 4.39 Å². The maximum Gasteiger partial charge on any atom is 0.129 e. The van der Waals surface area contributed by atoms with E-state index in [0.717, 1.165) is 29.7 Å². The molecule has 1 aromatic carbocycles. The zero-order valence-corrected chi connectivity index (χ0v) is 10.2. The summed E-state index contributed by atoms with van der Waals surface area (Å²) < 4.78 is 14.2. The highest BCUT2D eigenvalue weighted by molar-refractivity contribution is 7.99. The lowest BCUT2D eigenvalue weighted by atomic mass is 9.94. The second kappa shape index (κ2) is 5.69. The molecule has 1 saturated heterocycles. The lowest BCUT2D eigenvalue weighted by Gasteiger charge is -2.24. The second-order valence-corrected chi connectivity index (χ2v) is 5.47. The molecule has 1 nitrogen and oxygen atoms in total. The van der Waals surface area contributed by atoms with Crippen molar-refractivity contribution >= 4 is 11.8 Å². The lowest BCUT2D eigenvalue weighted by Crippen LogP contribution is -2.16. The Morgan fingerprint density at radius 2 is 2.12 bits per heavy atom. The number of rotatable bonds is 3. The average Bonchev–Trinajstić information content (AvgIpc) is 2.39. The van der Waals surface area contributed by atoms with Gasteiger partial charge in [0.05, 0.1) is 0 Å². The van der Waals surface area contributed by atoms with Crippen LogP contribution in [0.4, 0.5) is 4.39 Å². The van der Waals surface area contributed by atoms with Gasteiger partial charge in [0, 0.05) is 12.5 Å². The molecule has 16 heavy (non-hydrogen) atoms. The van der Waals surface area contributed by atoms with Crippen LogP contribution in [0, 0.1) is 5.92 Å². The SMILES string of the molecule is NCc1ccc(C(F)C2CCCSC2)cc1. The van der Waals surface area contributed by atoms with Gasteiger partial charge in [-0.2, -0.15) is 11.8 Å². The van der Waals surface area contributed by atoms with Gasteiger partial charge in [0.1, 0.15) is 6.17 Å². The van der Waals surface area contributed by atoms with Gasteiger partial charge in [0.2, 0.25) is 0 Å². The highest BCUT2D eigenvalue weighted by Gasteiger charge is 2.24. The third-order valence-electron chi connectivity index (χ3n) is 3.14. The molecule has 2 atom stereocenters. The van der Waals surface area contributed by atoms with Crippen LogP contribution in [0.3, 0.4) is 0 Å². The molecule has 1 heterocycles. The fourth-order valence-corrected chi connectivity index (χ4v) is 3.28. The van der Waals surface area contributed by atoms with E-state index in [1.807, 2.05) is 36.0 Å². The molecule has 1 fully saturated rings. The molecule has 88 valence electrons. The zero-order chi connectivity index (χ0) is 11.4. The number of thioether (sulfide) groups is 1. The van der Waals surface area contributed by atoms with Crippen molar-refractivity contribution in [3.63, 3.8) is 0 Å². The Hall–Kier alpha value is -0.540. The van der Waals surface area contributed by atoms with E-state index in [0.29, 0.717) is 6.54 Å². The van der Waals surface area contributed by atoms with Gasteiger partial charge in [-0.3, -0.25) is 0 Å². The number of hydrogen-bond acceptors (Lipinski definition) is 2. The molecule has 0 radical (unpaired) electrons. The minimum absolute atomic E-state index is 0.197. The van der Waals surface area contributed by atoms with Crippen molar-refractivity contribution in [1.29, 1.82) is 0 Å². The van der Waals surface area contributed by atoms with E-state index in [-0.39, 0.29) is 5.92 Å². The van der Waals surface area contributed by atoms with Crippen LogP contribution in [0.25, 0.3) is 0 Å². The highest BCUT2D eigenvalue weighted by atomic mass is 32.2. The summed E-state index contributed by atoms with van der Waals surface area (Å²) in [4.78, 5) is 0. The number of halogens is 1. The Bertz CT molecular complexity index is 319. The maximum absolute atomic E-state index is 14.2. The van der Waals surface area contributed by atoms with Crippen molar-refractivity contribution in [2.24, 2.45) is 11.7 Å². The van der Waals surface area contributed by atoms with E-state index < -0.39 is 6.17 Å². The quantitative estimate of drug-likeness (QED) is 0.876. The van der Waals surface area contributed by atoms with Gasteiger partial charge in [0.25, 0.3) is 0 Å².